The van der Waals surface area contributed by atoms with Gasteiger partial charge in [0.1, 0.15) is 25.0 Å². The number of aromatic nitrogens is 3. The lowest BCUT2D eigenvalue weighted by Gasteiger charge is -2.18. The molecule has 2 atom stereocenters. The van der Waals surface area contributed by atoms with E-state index in [1.54, 1.807) is 17.1 Å². The molecule has 3 N–H and O–H groups in total. The fourth-order valence-corrected chi connectivity index (χ4v) is 2.01. The number of anilines is 1. The summed E-state index contributed by atoms with van der Waals surface area (Å²) >= 11 is 0. The number of rotatable bonds is 8. The average molecular weight is 317 g/mol. The van der Waals surface area contributed by atoms with Gasteiger partial charge in [-0.25, -0.2) is 9.67 Å². The van der Waals surface area contributed by atoms with E-state index in [0.29, 0.717) is 24.6 Å². The second-order valence-electron chi connectivity index (χ2n) is 5.44. The van der Waals surface area contributed by atoms with E-state index in [2.05, 4.69) is 15.4 Å². The summed E-state index contributed by atoms with van der Waals surface area (Å²) in [5, 5.41) is 6.83. The Kier molecular flexibility index (Phi) is 6.10. The van der Waals surface area contributed by atoms with Crippen molar-refractivity contribution in [2.45, 2.75) is 32.9 Å². The maximum Gasteiger partial charge on any atom is 0.241 e. The van der Waals surface area contributed by atoms with Crippen LogP contribution in [0.5, 0.6) is 5.75 Å². The first-order chi connectivity index (χ1) is 11.1. The van der Waals surface area contributed by atoms with Crippen molar-refractivity contribution in [3.63, 3.8) is 0 Å². The molecule has 1 heterocycles. The zero-order valence-electron chi connectivity index (χ0n) is 13.5. The first-order valence-electron chi connectivity index (χ1n) is 7.72. The largest absolute Gasteiger partial charge is 0.492 e. The molecule has 2 unspecified atom stereocenters. The van der Waals surface area contributed by atoms with Crippen LogP contribution in [-0.2, 0) is 11.3 Å². The van der Waals surface area contributed by atoms with Crippen LogP contribution in [0.1, 0.15) is 20.3 Å². The maximum absolute atomic E-state index is 12.1. The summed E-state index contributed by atoms with van der Waals surface area (Å²) in [7, 11) is 0. The molecule has 1 amide bonds. The van der Waals surface area contributed by atoms with E-state index in [1.165, 1.54) is 6.33 Å². The summed E-state index contributed by atoms with van der Waals surface area (Å²) in [5.41, 5.74) is 6.61. The number of carbonyl (C=O) groups excluding carboxylic acids is 1. The summed E-state index contributed by atoms with van der Waals surface area (Å²) in [6.45, 7) is 5.05. The molecule has 0 bridgehead atoms. The van der Waals surface area contributed by atoms with Crippen LogP contribution in [0.3, 0.4) is 0 Å². The van der Waals surface area contributed by atoms with E-state index in [1.807, 2.05) is 32.0 Å². The van der Waals surface area contributed by atoms with Crippen LogP contribution >= 0.6 is 0 Å². The first-order valence-corrected chi connectivity index (χ1v) is 7.72. The Labute approximate surface area is 135 Å². The zero-order valence-corrected chi connectivity index (χ0v) is 13.5. The minimum atomic E-state index is -0.517. The van der Waals surface area contributed by atoms with Crippen LogP contribution in [0.4, 0.5) is 5.69 Å². The molecule has 0 saturated carbocycles. The molecule has 1 aromatic carbocycles. The second kappa shape index (κ2) is 8.28. The molecule has 7 heteroatoms. The van der Waals surface area contributed by atoms with Crippen LogP contribution < -0.4 is 15.8 Å². The van der Waals surface area contributed by atoms with Crippen molar-refractivity contribution < 1.29 is 9.53 Å². The van der Waals surface area contributed by atoms with Gasteiger partial charge in [-0.05, 0) is 18.1 Å². The molecule has 0 aliphatic carbocycles. The lowest BCUT2D eigenvalue weighted by Crippen LogP contribution is -2.40. The van der Waals surface area contributed by atoms with Gasteiger partial charge >= 0.3 is 0 Å². The van der Waals surface area contributed by atoms with Gasteiger partial charge in [-0.2, -0.15) is 5.10 Å². The molecule has 0 aliphatic heterocycles. The van der Waals surface area contributed by atoms with E-state index >= 15 is 0 Å². The van der Waals surface area contributed by atoms with Gasteiger partial charge in [0.25, 0.3) is 0 Å². The molecule has 7 nitrogen and oxygen atoms in total. The van der Waals surface area contributed by atoms with Crippen LogP contribution in [-0.4, -0.2) is 33.3 Å². The number of nitrogens with two attached hydrogens (primary N) is 1. The number of ether oxygens (including phenoxy) is 1. The van der Waals surface area contributed by atoms with Crippen molar-refractivity contribution in [3.05, 3.63) is 36.9 Å². The Balaban J connectivity index is 1.87. The second-order valence-corrected chi connectivity index (χ2v) is 5.44. The summed E-state index contributed by atoms with van der Waals surface area (Å²) in [6, 6.07) is 6.74. The third-order valence-corrected chi connectivity index (χ3v) is 3.72. The number of benzene rings is 1. The molecule has 0 aliphatic rings. The third kappa shape index (κ3) is 5.07. The van der Waals surface area contributed by atoms with Crippen molar-refractivity contribution in [1.29, 1.82) is 0 Å². The van der Waals surface area contributed by atoms with Gasteiger partial charge in [-0.15, -0.1) is 0 Å². The van der Waals surface area contributed by atoms with Gasteiger partial charge < -0.3 is 15.8 Å². The fraction of sp³-hybridized carbons (Fsp3) is 0.438. The molecule has 124 valence electrons. The summed E-state index contributed by atoms with van der Waals surface area (Å²) in [6.07, 6.45) is 3.98. The standard InChI is InChI=1S/C16H23N5O2/c1-3-12(2)15(17)16(22)20-13-5-4-6-14(9-13)23-8-7-21-11-18-10-19-21/h4-6,9-12,15H,3,7-8,17H2,1-2H3,(H,20,22). The molecule has 2 rings (SSSR count). The molecule has 0 fully saturated rings. The molecule has 0 radical (unpaired) electrons. The SMILES string of the molecule is CCC(C)C(N)C(=O)Nc1cccc(OCCn2cncn2)c1. The fourth-order valence-electron chi connectivity index (χ4n) is 2.01. The molecular weight excluding hydrogens is 294 g/mol. The lowest BCUT2D eigenvalue weighted by molar-refractivity contribution is -0.118. The van der Waals surface area contributed by atoms with Gasteiger partial charge in [-0.3, -0.25) is 4.79 Å². The highest BCUT2D eigenvalue weighted by atomic mass is 16.5. The van der Waals surface area contributed by atoms with Crippen molar-refractivity contribution in [3.8, 4) is 5.75 Å². The minimum absolute atomic E-state index is 0.136. The van der Waals surface area contributed by atoms with Gasteiger partial charge in [-0.1, -0.05) is 26.3 Å². The topological polar surface area (TPSA) is 95.1 Å². The van der Waals surface area contributed by atoms with Crippen molar-refractivity contribution >= 4 is 11.6 Å². The summed E-state index contributed by atoms with van der Waals surface area (Å²) in [4.78, 5) is 16.0. The van der Waals surface area contributed by atoms with E-state index in [9.17, 15) is 4.79 Å². The predicted molar refractivity (Wildman–Crippen MR) is 88.0 cm³/mol. The quantitative estimate of drug-likeness (QED) is 0.772. The Morgan fingerprint density at radius 2 is 2.30 bits per heavy atom. The van der Waals surface area contributed by atoms with Crippen LogP contribution in [0.2, 0.25) is 0 Å². The highest BCUT2D eigenvalue weighted by Gasteiger charge is 2.19. The van der Waals surface area contributed by atoms with E-state index in [4.69, 9.17) is 10.5 Å². The number of carbonyl (C=O) groups is 1. The molecule has 2 aromatic rings. The third-order valence-electron chi connectivity index (χ3n) is 3.72. The van der Waals surface area contributed by atoms with Crippen molar-refractivity contribution in [1.82, 2.24) is 14.8 Å². The van der Waals surface area contributed by atoms with Crippen molar-refractivity contribution in [2.75, 3.05) is 11.9 Å². The van der Waals surface area contributed by atoms with Gasteiger partial charge in [0.05, 0.1) is 12.6 Å². The minimum Gasteiger partial charge on any atom is -0.492 e. The smallest absolute Gasteiger partial charge is 0.241 e. The number of nitrogens with one attached hydrogen (secondary N) is 1. The number of amides is 1. The molecule has 0 saturated heterocycles. The van der Waals surface area contributed by atoms with Gasteiger partial charge in [0.15, 0.2) is 0 Å². The molecule has 0 spiro atoms. The predicted octanol–water partition coefficient (Wildman–Crippen LogP) is 1.67. The number of hydrogen-bond donors (Lipinski definition) is 2. The Bertz CT molecular complexity index is 615. The first kappa shape index (κ1) is 17.0. The molecule has 23 heavy (non-hydrogen) atoms. The summed E-state index contributed by atoms with van der Waals surface area (Å²) in [5.74, 6) is 0.635. The maximum atomic E-state index is 12.1. The number of hydrogen-bond acceptors (Lipinski definition) is 5. The van der Waals surface area contributed by atoms with E-state index in [-0.39, 0.29) is 11.8 Å². The van der Waals surface area contributed by atoms with Crippen LogP contribution in [0.15, 0.2) is 36.9 Å². The molecule has 1 aromatic heterocycles. The van der Waals surface area contributed by atoms with Crippen LogP contribution in [0, 0.1) is 5.92 Å². The van der Waals surface area contributed by atoms with Crippen LogP contribution in [0.25, 0.3) is 0 Å². The van der Waals surface area contributed by atoms with E-state index < -0.39 is 6.04 Å². The monoisotopic (exact) mass is 317 g/mol. The Morgan fingerprint density at radius 1 is 1.48 bits per heavy atom. The van der Waals surface area contributed by atoms with E-state index in [0.717, 1.165) is 6.42 Å². The summed E-state index contributed by atoms with van der Waals surface area (Å²) < 4.78 is 7.35. The molecular formula is C16H23N5O2. The Morgan fingerprint density at radius 3 is 3.00 bits per heavy atom. The van der Waals surface area contributed by atoms with Gasteiger partial charge in [0, 0.05) is 11.8 Å². The van der Waals surface area contributed by atoms with Crippen molar-refractivity contribution in [2.24, 2.45) is 11.7 Å². The number of nitrogens with zero attached hydrogens (tertiary/aromatic N) is 3. The lowest BCUT2D eigenvalue weighted by atomic mass is 9.99. The zero-order chi connectivity index (χ0) is 16.7. The normalized spacial score (nSPS) is 13.3. The highest BCUT2D eigenvalue weighted by molar-refractivity contribution is 5.95. The average Bonchev–Trinajstić information content (AvgIpc) is 3.07. The van der Waals surface area contributed by atoms with Gasteiger partial charge in [0.2, 0.25) is 5.91 Å². The Hall–Kier alpha value is -2.41. The highest BCUT2D eigenvalue weighted by Crippen LogP contribution is 2.18.